The summed E-state index contributed by atoms with van der Waals surface area (Å²) in [6, 6.07) is 9.24. The van der Waals surface area contributed by atoms with Crippen molar-refractivity contribution >= 4 is 5.91 Å². The van der Waals surface area contributed by atoms with E-state index in [1.807, 2.05) is 30.3 Å². The summed E-state index contributed by atoms with van der Waals surface area (Å²) in [5, 5.41) is 12.4. The Morgan fingerprint density at radius 3 is 2.55 bits per heavy atom. The Morgan fingerprint density at radius 2 is 1.95 bits per heavy atom. The van der Waals surface area contributed by atoms with Gasteiger partial charge >= 0.3 is 0 Å². The summed E-state index contributed by atoms with van der Waals surface area (Å²) < 4.78 is 0. The molecule has 0 aliphatic heterocycles. The molecule has 2 rings (SSSR count). The fourth-order valence-electron chi connectivity index (χ4n) is 2.88. The van der Waals surface area contributed by atoms with E-state index < -0.39 is 6.04 Å². The molecule has 0 aromatic heterocycles. The van der Waals surface area contributed by atoms with E-state index >= 15 is 0 Å². The van der Waals surface area contributed by atoms with Crippen LogP contribution in [0.4, 0.5) is 0 Å². The van der Waals surface area contributed by atoms with Gasteiger partial charge in [-0.05, 0) is 24.8 Å². The second-order valence-corrected chi connectivity index (χ2v) is 5.88. The number of aliphatic hydroxyl groups is 1. The first kappa shape index (κ1) is 15.0. The zero-order valence-electron chi connectivity index (χ0n) is 11.8. The van der Waals surface area contributed by atoms with E-state index in [2.05, 4.69) is 5.32 Å². The molecule has 1 aromatic rings. The van der Waals surface area contributed by atoms with Gasteiger partial charge in [0.1, 0.15) is 0 Å². The number of hydrogen-bond donors (Lipinski definition) is 3. The van der Waals surface area contributed by atoms with Gasteiger partial charge in [-0.3, -0.25) is 4.79 Å². The quantitative estimate of drug-likeness (QED) is 0.731. The summed E-state index contributed by atoms with van der Waals surface area (Å²) in [7, 11) is 0. The highest BCUT2D eigenvalue weighted by Gasteiger charge is 2.33. The van der Waals surface area contributed by atoms with Crippen molar-refractivity contribution in [3.05, 3.63) is 35.9 Å². The van der Waals surface area contributed by atoms with Gasteiger partial charge in [0.05, 0.1) is 12.6 Å². The fraction of sp³-hybridized carbons (Fsp3) is 0.562. The third kappa shape index (κ3) is 3.81. The van der Waals surface area contributed by atoms with E-state index in [9.17, 15) is 9.90 Å². The molecule has 0 radical (unpaired) electrons. The predicted octanol–water partition coefficient (Wildman–Crippen LogP) is 1.23. The first-order chi connectivity index (χ1) is 9.65. The molecule has 0 bridgehead atoms. The van der Waals surface area contributed by atoms with E-state index in [1.54, 1.807) is 0 Å². The van der Waals surface area contributed by atoms with Gasteiger partial charge in [-0.15, -0.1) is 0 Å². The molecule has 1 aliphatic rings. The Balaban J connectivity index is 1.82. The zero-order chi connectivity index (χ0) is 14.4. The monoisotopic (exact) mass is 276 g/mol. The summed E-state index contributed by atoms with van der Waals surface area (Å²) in [5.41, 5.74) is 6.88. The zero-order valence-corrected chi connectivity index (χ0v) is 11.8. The second-order valence-electron chi connectivity index (χ2n) is 5.88. The average molecular weight is 276 g/mol. The molecular weight excluding hydrogens is 252 g/mol. The molecule has 0 saturated heterocycles. The number of hydrogen-bond acceptors (Lipinski definition) is 3. The molecule has 4 N–H and O–H groups in total. The van der Waals surface area contributed by atoms with Gasteiger partial charge in [0.2, 0.25) is 5.91 Å². The van der Waals surface area contributed by atoms with Crippen LogP contribution >= 0.6 is 0 Å². The van der Waals surface area contributed by atoms with Crippen LogP contribution < -0.4 is 11.1 Å². The van der Waals surface area contributed by atoms with Crippen LogP contribution in [0.1, 0.15) is 31.2 Å². The van der Waals surface area contributed by atoms with Gasteiger partial charge in [-0.25, -0.2) is 0 Å². The molecule has 1 saturated carbocycles. The highest BCUT2D eigenvalue weighted by molar-refractivity contribution is 5.81. The van der Waals surface area contributed by atoms with Gasteiger partial charge in [-0.2, -0.15) is 0 Å². The van der Waals surface area contributed by atoms with Gasteiger partial charge in [0, 0.05) is 12.0 Å². The van der Waals surface area contributed by atoms with Crippen molar-refractivity contribution in [1.82, 2.24) is 5.32 Å². The lowest BCUT2D eigenvalue weighted by Gasteiger charge is -2.27. The van der Waals surface area contributed by atoms with Crippen LogP contribution in [0.2, 0.25) is 0 Å². The molecule has 1 fully saturated rings. The van der Waals surface area contributed by atoms with Crippen molar-refractivity contribution in [1.29, 1.82) is 0 Å². The Kier molecular flexibility index (Phi) is 5.15. The third-order valence-corrected chi connectivity index (χ3v) is 4.27. The third-order valence-electron chi connectivity index (χ3n) is 4.27. The summed E-state index contributed by atoms with van der Waals surface area (Å²) in [4.78, 5) is 12.0. The van der Waals surface area contributed by atoms with Crippen LogP contribution in [0, 0.1) is 5.41 Å². The van der Waals surface area contributed by atoms with Gasteiger partial charge in [-0.1, -0.05) is 43.2 Å². The average Bonchev–Trinajstić information content (AvgIpc) is 2.95. The SMILES string of the molecule is NC(Cc1ccccc1)C(=O)NCC1(CO)CCCC1. The number of benzene rings is 1. The van der Waals surface area contributed by atoms with E-state index in [1.165, 1.54) is 0 Å². The standard InChI is InChI=1S/C16H24N2O2/c17-14(10-13-6-2-1-3-7-13)15(20)18-11-16(12-19)8-4-5-9-16/h1-3,6-7,14,19H,4-5,8-12,17H2,(H,18,20). The van der Waals surface area contributed by atoms with Gasteiger partial charge < -0.3 is 16.2 Å². The van der Waals surface area contributed by atoms with Crippen molar-refractivity contribution < 1.29 is 9.90 Å². The van der Waals surface area contributed by atoms with E-state index in [4.69, 9.17) is 5.73 Å². The summed E-state index contributed by atoms with van der Waals surface area (Å²) in [5.74, 6) is -0.131. The molecular formula is C16H24N2O2. The maximum atomic E-state index is 12.0. The van der Waals surface area contributed by atoms with Crippen LogP contribution in [0.15, 0.2) is 30.3 Å². The minimum Gasteiger partial charge on any atom is -0.396 e. The summed E-state index contributed by atoms with van der Waals surface area (Å²) in [6.07, 6.45) is 4.77. The molecule has 1 aliphatic carbocycles. The normalized spacial score (nSPS) is 18.7. The maximum absolute atomic E-state index is 12.0. The van der Waals surface area contributed by atoms with E-state index in [0.717, 1.165) is 31.2 Å². The number of carbonyl (C=O) groups is 1. The molecule has 1 aromatic carbocycles. The number of amides is 1. The van der Waals surface area contributed by atoms with Gasteiger partial charge in [0.25, 0.3) is 0 Å². The first-order valence-electron chi connectivity index (χ1n) is 7.33. The van der Waals surface area contributed by atoms with Crippen molar-refractivity contribution in [2.75, 3.05) is 13.2 Å². The lowest BCUT2D eigenvalue weighted by Crippen LogP contribution is -2.46. The number of nitrogens with two attached hydrogens (primary N) is 1. The van der Waals surface area contributed by atoms with Crippen molar-refractivity contribution in [3.8, 4) is 0 Å². The molecule has 110 valence electrons. The maximum Gasteiger partial charge on any atom is 0.237 e. The van der Waals surface area contributed by atoms with Crippen molar-refractivity contribution in [3.63, 3.8) is 0 Å². The molecule has 1 amide bonds. The van der Waals surface area contributed by atoms with E-state index in [0.29, 0.717) is 13.0 Å². The van der Waals surface area contributed by atoms with Crippen LogP contribution in [0.5, 0.6) is 0 Å². The fourth-order valence-corrected chi connectivity index (χ4v) is 2.88. The molecule has 0 spiro atoms. The lowest BCUT2D eigenvalue weighted by atomic mass is 9.87. The minimum absolute atomic E-state index is 0.123. The molecule has 4 heteroatoms. The Bertz CT molecular complexity index is 427. The van der Waals surface area contributed by atoms with Crippen LogP contribution in [-0.2, 0) is 11.2 Å². The van der Waals surface area contributed by atoms with Crippen LogP contribution in [0.3, 0.4) is 0 Å². The highest BCUT2D eigenvalue weighted by atomic mass is 16.3. The number of nitrogens with one attached hydrogen (secondary N) is 1. The van der Waals surface area contributed by atoms with Crippen molar-refractivity contribution in [2.24, 2.45) is 11.1 Å². The van der Waals surface area contributed by atoms with Gasteiger partial charge in [0.15, 0.2) is 0 Å². The molecule has 0 heterocycles. The number of aliphatic hydroxyl groups excluding tert-OH is 1. The lowest BCUT2D eigenvalue weighted by molar-refractivity contribution is -0.123. The Labute approximate surface area is 120 Å². The highest BCUT2D eigenvalue weighted by Crippen LogP contribution is 2.36. The number of carbonyl (C=O) groups excluding carboxylic acids is 1. The predicted molar refractivity (Wildman–Crippen MR) is 79.1 cm³/mol. The first-order valence-corrected chi connectivity index (χ1v) is 7.33. The number of rotatable bonds is 6. The molecule has 1 unspecified atom stereocenters. The van der Waals surface area contributed by atoms with Crippen LogP contribution in [-0.4, -0.2) is 30.2 Å². The molecule has 4 nitrogen and oxygen atoms in total. The summed E-state index contributed by atoms with van der Waals surface area (Å²) >= 11 is 0. The molecule has 1 atom stereocenters. The topological polar surface area (TPSA) is 75.4 Å². The van der Waals surface area contributed by atoms with Crippen molar-refractivity contribution in [2.45, 2.75) is 38.1 Å². The summed E-state index contributed by atoms with van der Waals surface area (Å²) in [6.45, 7) is 0.673. The minimum atomic E-state index is -0.533. The Morgan fingerprint density at radius 1 is 1.30 bits per heavy atom. The second kappa shape index (κ2) is 6.86. The van der Waals surface area contributed by atoms with Crippen LogP contribution in [0.25, 0.3) is 0 Å². The van der Waals surface area contributed by atoms with E-state index in [-0.39, 0.29) is 17.9 Å². The largest absolute Gasteiger partial charge is 0.396 e. The Hall–Kier alpha value is -1.39. The molecule has 20 heavy (non-hydrogen) atoms. The smallest absolute Gasteiger partial charge is 0.237 e.